The van der Waals surface area contributed by atoms with Gasteiger partial charge in [0.1, 0.15) is 12.2 Å². The number of ether oxygens (including phenoxy) is 4. The van der Waals surface area contributed by atoms with Crippen LogP contribution in [-0.4, -0.2) is 48.4 Å². The van der Waals surface area contributed by atoms with Crippen LogP contribution < -0.4 is 0 Å². The molecular formula is C12H17ClO7. The molecule has 20 heavy (non-hydrogen) atoms. The Balaban J connectivity index is 2.86. The number of carbonyl (C=O) groups excluding carboxylic acids is 3. The largest absolute Gasteiger partial charge is 0.458 e. The van der Waals surface area contributed by atoms with E-state index >= 15 is 0 Å². The van der Waals surface area contributed by atoms with E-state index < -0.39 is 42.5 Å². The molecule has 7 nitrogen and oxygen atoms in total. The van der Waals surface area contributed by atoms with Crippen molar-refractivity contribution in [3.05, 3.63) is 0 Å². The highest BCUT2D eigenvalue weighted by molar-refractivity contribution is 6.18. The Bertz CT molecular complexity index is 384. The fourth-order valence-corrected chi connectivity index (χ4v) is 2.20. The Labute approximate surface area is 121 Å². The van der Waals surface area contributed by atoms with Crippen LogP contribution in [0.5, 0.6) is 0 Å². The Morgan fingerprint density at radius 3 is 2.05 bits per heavy atom. The summed E-state index contributed by atoms with van der Waals surface area (Å²) in [5, 5.41) is 0. The van der Waals surface area contributed by atoms with Gasteiger partial charge in [0.15, 0.2) is 6.10 Å². The highest BCUT2D eigenvalue weighted by Gasteiger charge is 2.43. The third-order valence-electron chi connectivity index (χ3n) is 2.55. The first-order valence-corrected chi connectivity index (χ1v) is 6.60. The van der Waals surface area contributed by atoms with Crippen molar-refractivity contribution in [1.82, 2.24) is 0 Å². The highest BCUT2D eigenvalue weighted by atomic mass is 35.5. The molecule has 0 amide bonds. The van der Waals surface area contributed by atoms with Gasteiger partial charge in [-0.3, -0.25) is 14.4 Å². The lowest BCUT2D eigenvalue weighted by molar-refractivity contribution is -0.249. The Hall–Kier alpha value is -1.34. The maximum Gasteiger partial charge on any atom is 0.304 e. The average molecular weight is 309 g/mol. The zero-order chi connectivity index (χ0) is 15.3. The molecule has 114 valence electrons. The molecule has 1 heterocycles. The minimum Gasteiger partial charge on any atom is -0.458 e. The molecule has 0 bridgehead atoms. The van der Waals surface area contributed by atoms with Crippen molar-refractivity contribution in [3.8, 4) is 0 Å². The van der Waals surface area contributed by atoms with Crippen molar-refractivity contribution in [2.45, 2.75) is 51.8 Å². The van der Waals surface area contributed by atoms with E-state index in [-0.39, 0.29) is 12.3 Å². The summed E-state index contributed by atoms with van der Waals surface area (Å²) in [5.74, 6) is -1.62. The molecule has 1 aliphatic heterocycles. The van der Waals surface area contributed by atoms with Crippen LogP contribution in [0.2, 0.25) is 0 Å². The van der Waals surface area contributed by atoms with Crippen molar-refractivity contribution >= 4 is 29.5 Å². The lowest BCUT2D eigenvalue weighted by atomic mass is 10.0. The monoisotopic (exact) mass is 308 g/mol. The molecule has 0 spiro atoms. The van der Waals surface area contributed by atoms with Gasteiger partial charge in [-0.1, -0.05) is 0 Å². The molecule has 0 saturated carbocycles. The van der Waals surface area contributed by atoms with Crippen LogP contribution in [-0.2, 0) is 33.3 Å². The minimum atomic E-state index is -0.896. The second-order valence-electron chi connectivity index (χ2n) is 4.33. The van der Waals surface area contributed by atoms with E-state index in [1.54, 1.807) is 0 Å². The van der Waals surface area contributed by atoms with Crippen LogP contribution >= 0.6 is 11.6 Å². The van der Waals surface area contributed by atoms with Crippen LogP contribution in [0.4, 0.5) is 0 Å². The summed E-state index contributed by atoms with van der Waals surface area (Å²) < 4.78 is 20.6. The van der Waals surface area contributed by atoms with Crippen molar-refractivity contribution in [3.63, 3.8) is 0 Å². The summed E-state index contributed by atoms with van der Waals surface area (Å²) >= 11 is 5.76. The molecule has 1 aliphatic rings. The minimum absolute atomic E-state index is 0.00647. The first kappa shape index (κ1) is 16.7. The van der Waals surface area contributed by atoms with E-state index in [2.05, 4.69) is 0 Å². The van der Waals surface area contributed by atoms with Gasteiger partial charge in [0.05, 0.1) is 12.3 Å². The SMILES string of the molecule is CC(=O)O[C@@H]1C[C@H](OC(C)=O)[C@@H](OC(C)=O)[C@@H](CCl)O1. The first-order chi connectivity index (χ1) is 9.33. The van der Waals surface area contributed by atoms with Gasteiger partial charge in [0, 0.05) is 20.8 Å². The summed E-state index contributed by atoms with van der Waals surface area (Å²) in [6.45, 7) is 3.70. The fraction of sp³-hybridized carbons (Fsp3) is 0.750. The summed E-state index contributed by atoms with van der Waals surface area (Å²) in [5.41, 5.74) is 0. The van der Waals surface area contributed by atoms with E-state index in [9.17, 15) is 14.4 Å². The van der Waals surface area contributed by atoms with Gasteiger partial charge in [-0.05, 0) is 0 Å². The van der Waals surface area contributed by atoms with E-state index in [1.807, 2.05) is 0 Å². The Morgan fingerprint density at radius 1 is 1.05 bits per heavy atom. The highest BCUT2D eigenvalue weighted by Crippen LogP contribution is 2.27. The lowest BCUT2D eigenvalue weighted by Gasteiger charge is -2.39. The Morgan fingerprint density at radius 2 is 1.60 bits per heavy atom. The second-order valence-corrected chi connectivity index (χ2v) is 4.63. The summed E-state index contributed by atoms with van der Waals surface area (Å²) in [4.78, 5) is 33.2. The van der Waals surface area contributed by atoms with Crippen LogP contribution in [0.1, 0.15) is 27.2 Å². The molecule has 0 unspecified atom stereocenters. The molecule has 0 radical (unpaired) electrons. The second kappa shape index (κ2) is 7.44. The van der Waals surface area contributed by atoms with E-state index in [1.165, 1.54) is 20.8 Å². The van der Waals surface area contributed by atoms with Crippen LogP contribution in [0.3, 0.4) is 0 Å². The third kappa shape index (κ3) is 4.97. The number of halogens is 1. The van der Waals surface area contributed by atoms with Gasteiger partial charge in [-0.25, -0.2) is 0 Å². The zero-order valence-corrected chi connectivity index (χ0v) is 12.2. The smallest absolute Gasteiger partial charge is 0.304 e. The van der Waals surface area contributed by atoms with E-state index in [0.29, 0.717) is 0 Å². The fourth-order valence-electron chi connectivity index (χ4n) is 1.95. The first-order valence-electron chi connectivity index (χ1n) is 6.06. The van der Waals surface area contributed by atoms with Crippen LogP contribution in [0, 0.1) is 0 Å². The van der Waals surface area contributed by atoms with Gasteiger partial charge in [-0.15, -0.1) is 11.6 Å². The number of esters is 3. The van der Waals surface area contributed by atoms with E-state index in [4.69, 9.17) is 30.5 Å². The summed E-state index contributed by atoms with van der Waals surface area (Å²) in [6, 6.07) is 0. The molecule has 4 atom stereocenters. The number of carbonyl (C=O) groups is 3. The Kier molecular flexibility index (Phi) is 6.22. The van der Waals surface area contributed by atoms with Crippen molar-refractivity contribution in [2.24, 2.45) is 0 Å². The topological polar surface area (TPSA) is 88.1 Å². The van der Waals surface area contributed by atoms with Gasteiger partial charge in [-0.2, -0.15) is 0 Å². The molecule has 1 fully saturated rings. The predicted octanol–water partition coefficient (Wildman–Crippen LogP) is 0.767. The molecule has 0 aromatic carbocycles. The molecule has 0 aromatic rings. The molecule has 1 saturated heterocycles. The third-order valence-corrected chi connectivity index (χ3v) is 2.86. The van der Waals surface area contributed by atoms with Crippen molar-refractivity contribution < 1.29 is 33.3 Å². The zero-order valence-electron chi connectivity index (χ0n) is 11.5. The van der Waals surface area contributed by atoms with Crippen LogP contribution in [0.25, 0.3) is 0 Å². The molecule has 1 rings (SSSR count). The quantitative estimate of drug-likeness (QED) is 0.430. The van der Waals surface area contributed by atoms with Crippen molar-refractivity contribution in [1.29, 1.82) is 0 Å². The molecule has 0 aliphatic carbocycles. The van der Waals surface area contributed by atoms with Gasteiger partial charge in [0.2, 0.25) is 6.29 Å². The maximum absolute atomic E-state index is 11.1. The number of hydrogen-bond acceptors (Lipinski definition) is 7. The lowest BCUT2D eigenvalue weighted by Crippen LogP contribution is -2.53. The summed E-state index contributed by atoms with van der Waals surface area (Å²) in [6.07, 6.45) is -3.17. The van der Waals surface area contributed by atoms with Crippen LogP contribution in [0.15, 0.2) is 0 Å². The molecule has 8 heteroatoms. The van der Waals surface area contributed by atoms with Gasteiger partial charge in [0.25, 0.3) is 0 Å². The van der Waals surface area contributed by atoms with Crippen molar-refractivity contribution in [2.75, 3.05) is 5.88 Å². The molecule has 0 N–H and O–H groups in total. The summed E-state index contributed by atoms with van der Waals surface area (Å²) in [7, 11) is 0. The molecule has 0 aromatic heterocycles. The molecular weight excluding hydrogens is 292 g/mol. The predicted molar refractivity (Wildman–Crippen MR) is 66.9 cm³/mol. The van der Waals surface area contributed by atoms with Gasteiger partial charge >= 0.3 is 17.9 Å². The number of rotatable bonds is 4. The standard InChI is InChI=1S/C12H17ClO7/c1-6(14)17-9-4-11(18-7(2)15)20-10(5-13)12(9)19-8(3)16/h9-12H,4-5H2,1-3H3/t9-,10+,11-,12+/m0/s1. The van der Waals surface area contributed by atoms with Gasteiger partial charge < -0.3 is 18.9 Å². The number of alkyl halides is 1. The maximum atomic E-state index is 11.1. The average Bonchev–Trinajstić information content (AvgIpc) is 2.30. The van der Waals surface area contributed by atoms with E-state index in [0.717, 1.165) is 0 Å². The normalized spacial score (nSPS) is 29.4. The number of hydrogen-bond donors (Lipinski definition) is 0.